The number of benzene rings is 1. The molecular weight excluding hydrogens is 557 g/mol. The van der Waals surface area contributed by atoms with E-state index in [1.165, 1.54) is 42.7 Å². The van der Waals surface area contributed by atoms with E-state index in [-0.39, 0.29) is 11.4 Å². The molecule has 1 aliphatic carbocycles. The normalized spacial score (nSPS) is 13.4. The first-order valence-electron chi connectivity index (χ1n) is 13.7. The number of aldehydes is 1. The van der Waals surface area contributed by atoms with Gasteiger partial charge in [0.25, 0.3) is 0 Å². The van der Waals surface area contributed by atoms with Crippen LogP contribution in [0.25, 0.3) is 11.3 Å². The lowest BCUT2D eigenvalue weighted by Gasteiger charge is -2.20. The van der Waals surface area contributed by atoms with E-state index >= 15 is 0 Å². The van der Waals surface area contributed by atoms with Crippen molar-refractivity contribution in [3.8, 4) is 11.4 Å². The summed E-state index contributed by atoms with van der Waals surface area (Å²) in [4.78, 5) is 26.7. The number of rotatable bonds is 12. The first-order chi connectivity index (χ1) is 20.6. The zero-order valence-corrected chi connectivity index (χ0v) is 24.5. The number of fused-ring (bicyclic) bond motifs is 1. The molecule has 0 unspecified atom stereocenters. The molecule has 0 bridgehead atoms. The monoisotopic (exact) mass is 593 g/mol. The molecule has 228 valence electrons. The summed E-state index contributed by atoms with van der Waals surface area (Å²) in [6, 6.07) is 5.36. The molecule has 14 heteroatoms. The summed E-state index contributed by atoms with van der Waals surface area (Å²) in [5.74, 6) is -0.470. The van der Waals surface area contributed by atoms with Gasteiger partial charge in [-0.15, -0.1) is 5.10 Å². The molecule has 3 aromatic heterocycles. The third kappa shape index (κ3) is 7.52. The summed E-state index contributed by atoms with van der Waals surface area (Å²) < 4.78 is 22.4. The number of carboxylic acids is 1. The average molecular weight is 594 g/mol. The molecular formula is C29H36FN9O4. The SMILES string of the molecule is CC(C)(Cc1cc(C2CC2)cn2cc(CN/C=C(\N)C=O)nc12)C(=O)O.CNCc1c(-n2cnnn2)ccc(OC)c1F. The fourth-order valence-corrected chi connectivity index (χ4v) is 4.54. The van der Waals surface area contributed by atoms with Crippen LogP contribution in [-0.4, -0.2) is 61.1 Å². The second-order valence-electron chi connectivity index (χ2n) is 10.9. The zero-order valence-electron chi connectivity index (χ0n) is 24.5. The number of ether oxygens (including phenoxy) is 1. The minimum Gasteiger partial charge on any atom is -0.494 e. The number of hydrogen-bond donors (Lipinski definition) is 4. The van der Waals surface area contributed by atoms with E-state index in [0.717, 1.165) is 16.9 Å². The molecule has 1 saturated carbocycles. The maximum absolute atomic E-state index is 14.1. The number of imidazole rings is 1. The number of nitrogens with zero attached hydrogens (tertiary/aromatic N) is 6. The lowest BCUT2D eigenvalue weighted by molar-refractivity contribution is -0.146. The van der Waals surface area contributed by atoms with Crippen molar-refractivity contribution in [3.63, 3.8) is 0 Å². The molecule has 0 spiro atoms. The molecule has 0 amide bonds. The molecule has 5 N–H and O–H groups in total. The van der Waals surface area contributed by atoms with Crippen molar-refractivity contribution in [2.24, 2.45) is 11.1 Å². The summed E-state index contributed by atoms with van der Waals surface area (Å²) in [7, 11) is 3.17. The first kappa shape index (κ1) is 31.1. The number of pyridine rings is 1. The maximum atomic E-state index is 14.1. The van der Waals surface area contributed by atoms with E-state index in [9.17, 15) is 19.1 Å². The van der Waals surface area contributed by atoms with Gasteiger partial charge in [0, 0.05) is 30.7 Å². The summed E-state index contributed by atoms with van der Waals surface area (Å²) in [6.45, 7) is 4.25. The summed E-state index contributed by atoms with van der Waals surface area (Å²) in [6.07, 6.45) is 10.2. The summed E-state index contributed by atoms with van der Waals surface area (Å²) in [5.41, 5.74) is 9.48. The fraction of sp³-hybridized carbons (Fsp3) is 0.379. The van der Waals surface area contributed by atoms with Gasteiger partial charge in [-0.05, 0) is 79.8 Å². The highest BCUT2D eigenvalue weighted by Crippen LogP contribution is 2.41. The quantitative estimate of drug-likeness (QED) is 0.140. The van der Waals surface area contributed by atoms with Crippen LogP contribution in [0.3, 0.4) is 0 Å². The van der Waals surface area contributed by atoms with Gasteiger partial charge >= 0.3 is 5.97 Å². The van der Waals surface area contributed by atoms with Gasteiger partial charge in [-0.1, -0.05) is 6.07 Å². The van der Waals surface area contributed by atoms with Crippen molar-refractivity contribution >= 4 is 17.9 Å². The van der Waals surface area contributed by atoms with Crippen LogP contribution in [0.5, 0.6) is 5.75 Å². The molecule has 0 atom stereocenters. The Kier molecular flexibility index (Phi) is 9.70. The summed E-state index contributed by atoms with van der Waals surface area (Å²) >= 11 is 0. The largest absolute Gasteiger partial charge is 0.494 e. The number of aliphatic carboxylic acids is 1. The van der Waals surface area contributed by atoms with E-state index in [0.29, 0.717) is 43.0 Å². The van der Waals surface area contributed by atoms with Crippen LogP contribution in [0.1, 0.15) is 55.0 Å². The predicted octanol–water partition coefficient (Wildman–Crippen LogP) is 2.48. The van der Waals surface area contributed by atoms with Crippen LogP contribution in [-0.2, 0) is 29.1 Å². The van der Waals surface area contributed by atoms with Gasteiger partial charge in [0.05, 0.1) is 36.1 Å². The Bertz CT molecular complexity index is 1610. The van der Waals surface area contributed by atoms with Gasteiger partial charge in [0.2, 0.25) is 0 Å². The smallest absolute Gasteiger partial charge is 0.309 e. The number of hydrogen-bond acceptors (Lipinski definition) is 10. The van der Waals surface area contributed by atoms with Gasteiger partial charge < -0.3 is 30.6 Å². The van der Waals surface area contributed by atoms with Gasteiger partial charge in [0.15, 0.2) is 17.9 Å². The van der Waals surface area contributed by atoms with Crippen LogP contribution in [0.4, 0.5) is 4.39 Å². The number of allylic oxidation sites excluding steroid dienone is 1. The number of carboxylic acid groups (broad SMARTS) is 1. The van der Waals surface area contributed by atoms with Crippen molar-refractivity contribution < 1.29 is 23.8 Å². The molecule has 1 aliphatic rings. The Morgan fingerprint density at radius 3 is 2.65 bits per heavy atom. The Morgan fingerprint density at radius 2 is 2.05 bits per heavy atom. The van der Waals surface area contributed by atoms with Crippen molar-refractivity contribution in [2.75, 3.05) is 14.2 Å². The molecule has 43 heavy (non-hydrogen) atoms. The van der Waals surface area contributed by atoms with Crippen molar-refractivity contribution in [3.05, 3.63) is 77.0 Å². The number of carbonyl (C=O) groups is 2. The molecule has 3 heterocycles. The third-order valence-corrected chi connectivity index (χ3v) is 7.00. The Morgan fingerprint density at radius 1 is 1.28 bits per heavy atom. The minimum atomic E-state index is -0.867. The van der Waals surface area contributed by atoms with Gasteiger partial charge in [-0.2, -0.15) is 0 Å². The Balaban J connectivity index is 0.000000215. The average Bonchev–Trinajstić information content (AvgIpc) is 3.52. The predicted molar refractivity (Wildman–Crippen MR) is 156 cm³/mol. The van der Waals surface area contributed by atoms with Crippen molar-refractivity contribution in [2.45, 2.75) is 52.1 Å². The van der Waals surface area contributed by atoms with E-state index < -0.39 is 17.2 Å². The highest BCUT2D eigenvalue weighted by molar-refractivity contribution is 5.74. The lowest BCUT2D eigenvalue weighted by Crippen LogP contribution is -2.26. The number of tetrazole rings is 1. The van der Waals surface area contributed by atoms with E-state index in [2.05, 4.69) is 43.4 Å². The Labute approximate surface area is 247 Å². The standard InChI is InChI=1S/C19H24N4O3.C10H12FN5O/c1-19(2,18(25)26)6-13-5-14(12-3-4-12)9-23-10-16(22-17(13)23)8-21-7-15(20)11-24;1-12-5-7-8(16-6-13-14-15-16)3-4-9(17-2)10(7)11/h5,7,9-12,21H,3-4,6,8,20H2,1-2H3,(H,25,26);3-4,6,12H,5H2,1-2H3/b15-7-;. The van der Waals surface area contributed by atoms with Gasteiger partial charge in [-0.3, -0.25) is 9.59 Å². The minimum absolute atomic E-state index is 0.119. The number of methoxy groups -OCH3 is 1. The number of nitrogens with two attached hydrogens (primary N) is 1. The molecule has 5 rings (SSSR count). The number of halogens is 1. The van der Waals surface area contributed by atoms with Crippen LogP contribution < -0.4 is 21.1 Å². The Hall–Kier alpha value is -4.85. The van der Waals surface area contributed by atoms with Crippen LogP contribution in [0, 0.1) is 11.2 Å². The summed E-state index contributed by atoms with van der Waals surface area (Å²) in [5, 5.41) is 26.1. The van der Waals surface area contributed by atoms with Gasteiger partial charge in [-0.25, -0.2) is 14.1 Å². The molecule has 13 nitrogen and oxygen atoms in total. The number of aromatic nitrogens is 6. The molecule has 1 fully saturated rings. The third-order valence-electron chi connectivity index (χ3n) is 7.00. The molecule has 0 aliphatic heterocycles. The van der Waals surface area contributed by atoms with Crippen molar-refractivity contribution in [1.82, 2.24) is 40.2 Å². The number of carbonyl (C=O) groups excluding carboxylic acids is 1. The topological polar surface area (TPSA) is 175 Å². The highest BCUT2D eigenvalue weighted by Gasteiger charge is 2.30. The molecule has 0 saturated heterocycles. The first-order valence-corrected chi connectivity index (χ1v) is 13.7. The lowest BCUT2D eigenvalue weighted by atomic mass is 9.86. The fourth-order valence-electron chi connectivity index (χ4n) is 4.54. The second kappa shape index (κ2) is 13.4. The molecule has 4 aromatic rings. The maximum Gasteiger partial charge on any atom is 0.309 e. The molecule has 1 aromatic carbocycles. The second-order valence-corrected chi connectivity index (χ2v) is 10.9. The van der Waals surface area contributed by atoms with Crippen LogP contribution >= 0.6 is 0 Å². The van der Waals surface area contributed by atoms with Gasteiger partial charge in [0.1, 0.15) is 12.0 Å². The number of nitrogens with one attached hydrogen (secondary N) is 2. The van der Waals surface area contributed by atoms with E-state index in [1.54, 1.807) is 33.0 Å². The van der Waals surface area contributed by atoms with Crippen molar-refractivity contribution in [1.29, 1.82) is 0 Å². The molecule has 0 radical (unpaired) electrons. The zero-order chi connectivity index (χ0) is 31.1. The van der Waals surface area contributed by atoms with E-state index in [1.807, 2.05) is 10.6 Å². The van der Waals surface area contributed by atoms with E-state index in [4.69, 9.17) is 10.5 Å². The van der Waals surface area contributed by atoms with Crippen LogP contribution in [0.15, 0.2) is 48.8 Å². The van der Waals surface area contributed by atoms with Crippen LogP contribution in [0.2, 0.25) is 0 Å². The highest BCUT2D eigenvalue weighted by atomic mass is 19.1.